The Kier molecular flexibility index (Phi) is 4.27. The number of hydrogen-bond donors (Lipinski definition) is 2. The van der Waals surface area contributed by atoms with Gasteiger partial charge in [-0.2, -0.15) is 9.97 Å². The standard InChI is InChI=1S/C13H16N4O3S/c1-20-12-7-11(16-13(14)17-12)15-8-9-3-5-10(6-4-9)21(2,18)19/h3-7H,8H2,1-2H3,(H3,14,15,16,17). The summed E-state index contributed by atoms with van der Waals surface area (Å²) < 4.78 is 27.7. The number of anilines is 2. The first kappa shape index (κ1) is 15.0. The Bertz CT molecular complexity index is 730. The summed E-state index contributed by atoms with van der Waals surface area (Å²) >= 11 is 0. The number of aromatic nitrogens is 2. The van der Waals surface area contributed by atoms with Crippen molar-refractivity contribution in [2.75, 3.05) is 24.4 Å². The van der Waals surface area contributed by atoms with Crippen molar-refractivity contribution in [1.82, 2.24) is 9.97 Å². The van der Waals surface area contributed by atoms with E-state index in [1.807, 2.05) is 0 Å². The summed E-state index contributed by atoms with van der Waals surface area (Å²) in [6.07, 6.45) is 1.18. The number of nitrogen functional groups attached to an aromatic ring is 1. The van der Waals surface area contributed by atoms with Gasteiger partial charge in [-0.15, -0.1) is 0 Å². The van der Waals surface area contributed by atoms with Gasteiger partial charge >= 0.3 is 0 Å². The zero-order valence-electron chi connectivity index (χ0n) is 11.7. The number of nitrogens with zero attached hydrogens (tertiary/aromatic N) is 2. The minimum atomic E-state index is -3.18. The smallest absolute Gasteiger partial charge is 0.225 e. The summed E-state index contributed by atoms with van der Waals surface area (Å²) in [5, 5.41) is 3.07. The number of ether oxygens (including phenoxy) is 1. The first-order valence-electron chi connectivity index (χ1n) is 6.10. The molecule has 0 radical (unpaired) electrons. The van der Waals surface area contributed by atoms with Crippen LogP contribution in [-0.4, -0.2) is 31.8 Å². The number of sulfone groups is 1. The van der Waals surface area contributed by atoms with Crippen LogP contribution in [0.4, 0.5) is 11.8 Å². The van der Waals surface area contributed by atoms with Crippen molar-refractivity contribution in [1.29, 1.82) is 0 Å². The lowest BCUT2D eigenvalue weighted by Crippen LogP contribution is -2.05. The number of hydrogen-bond acceptors (Lipinski definition) is 7. The molecule has 3 N–H and O–H groups in total. The second-order valence-electron chi connectivity index (χ2n) is 4.42. The first-order valence-corrected chi connectivity index (χ1v) is 7.99. The van der Waals surface area contributed by atoms with E-state index in [0.29, 0.717) is 23.1 Å². The highest BCUT2D eigenvalue weighted by Gasteiger charge is 2.06. The van der Waals surface area contributed by atoms with Crippen LogP contribution >= 0.6 is 0 Å². The highest BCUT2D eigenvalue weighted by Crippen LogP contribution is 2.16. The largest absolute Gasteiger partial charge is 0.481 e. The van der Waals surface area contributed by atoms with Crippen LogP contribution in [-0.2, 0) is 16.4 Å². The van der Waals surface area contributed by atoms with Crippen LogP contribution < -0.4 is 15.8 Å². The number of rotatable bonds is 5. The third-order valence-corrected chi connectivity index (χ3v) is 3.88. The van der Waals surface area contributed by atoms with E-state index < -0.39 is 9.84 Å². The van der Waals surface area contributed by atoms with E-state index in [-0.39, 0.29) is 5.95 Å². The molecule has 0 amide bonds. The number of methoxy groups -OCH3 is 1. The van der Waals surface area contributed by atoms with Crippen LogP contribution in [0.1, 0.15) is 5.56 Å². The fourth-order valence-electron chi connectivity index (χ4n) is 1.69. The summed E-state index contributed by atoms with van der Waals surface area (Å²) in [4.78, 5) is 8.21. The summed E-state index contributed by atoms with van der Waals surface area (Å²) in [6.45, 7) is 0.476. The lowest BCUT2D eigenvalue weighted by atomic mass is 10.2. The molecule has 0 aliphatic rings. The van der Waals surface area contributed by atoms with E-state index in [0.717, 1.165) is 5.56 Å². The Hall–Kier alpha value is -2.35. The van der Waals surface area contributed by atoms with Crippen LogP contribution in [0.3, 0.4) is 0 Å². The average Bonchev–Trinajstić information content (AvgIpc) is 2.44. The molecule has 2 aromatic rings. The van der Waals surface area contributed by atoms with Gasteiger partial charge in [-0.1, -0.05) is 12.1 Å². The molecule has 1 heterocycles. The van der Waals surface area contributed by atoms with E-state index in [4.69, 9.17) is 10.5 Å². The molecule has 0 spiro atoms. The van der Waals surface area contributed by atoms with Crippen LogP contribution in [0.25, 0.3) is 0 Å². The van der Waals surface area contributed by atoms with Crippen molar-refractivity contribution in [3.05, 3.63) is 35.9 Å². The van der Waals surface area contributed by atoms with E-state index in [1.165, 1.54) is 13.4 Å². The Morgan fingerprint density at radius 3 is 2.48 bits per heavy atom. The third kappa shape index (κ3) is 4.06. The lowest BCUT2D eigenvalue weighted by molar-refractivity contribution is 0.398. The number of benzene rings is 1. The Labute approximate surface area is 123 Å². The second kappa shape index (κ2) is 5.96. The molecule has 112 valence electrons. The maximum Gasteiger partial charge on any atom is 0.225 e. The highest BCUT2D eigenvalue weighted by molar-refractivity contribution is 7.90. The van der Waals surface area contributed by atoms with Gasteiger partial charge in [-0.3, -0.25) is 0 Å². The van der Waals surface area contributed by atoms with E-state index in [2.05, 4.69) is 15.3 Å². The van der Waals surface area contributed by atoms with Gasteiger partial charge in [-0.05, 0) is 17.7 Å². The molecule has 0 saturated heterocycles. The quantitative estimate of drug-likeness (QED) is 0.851. The molecule has 2 rings (SSSR count). The van der Waals surface area contributed by atoms with Gasteiger partial charge in [0.1, 0.15) is 5.82 Å². The number of nitrogens with two attached hydrogens (primary N) is 1. The van der Waals surface area contributed by atoms with Crippen molar-refractivity contribution in [3.8, 4) is 5.88 Å². The molecule has 7 nitrogen and oxygen atoms in total. The molecular formula is C13H16N4O3S. The summed E-state index contributed by atoms with van der Waals surface area (Å²) in [5.41, 5.74) is 6.48. The van der Waals surface area contributed by atoms with Crippen molar-refractivity contribution >= 4 is 21.6 Å². The fourth-order valence-corrected chi connectivity index (χ4v) is 2.32. The van der Waals surface area contributed by atoms with Crippen molar-refractivity contribution in [2.24, 2.45) is 0 Å². The predicted molar refractivity (Wildman–Crippen MR) is 79.9 cm³/mol. The molecule has 1 aromatic carbocycles. The molecular weight excluding hydrogens is 292 g/mol. The molecule has 0 fully saturated rings. The summed E-state index contributed by atoms with van der Waals surface area (Å²) in [5.74, 6) is 1.02. The second-order valence-corrected chi connectivity index (χ2v) is 6.44. The molecule has 0 bridgehead atoms. The van der Waals surface area contributed by atoms with E-state index >= 15 is 0 Å². The summed E-state index contributed by atoms with van der Waals surface area (Å²) in [6, 6.07) is 8.25. The van der Waals surface area contributed by atoms with E-state index in [1.54, 1.807) is 30.3 Å². The van der Waals surface area contributed by atoms with Crippen molar-refractivity contribution < 1.29 is 13.2 Å². The Morgan fingerprint density at radius 1 is 1.24 bits per heavy atom. The van der Waals surface area contributed by atoms with Gasteiger partial charge in [0.2, 0.25) is 11.8 Å². The maximum absolute atomic E-state index is 11.4. The van der Waals surface area contributed by atoms with Crippen molar-refractivity contribution in [3.63, 3.8) is 0 Å². The zero-order chi connectivity index (χ0) is 15.5. The van der Waals surface area contributed by atoms with Gasteiger partial charge in [-0.25, -0.2) is 8.42 Å². The molecule has 0 aliphatic heterocycles. The fraction of sp³-hybridized carbons (Fsp3) is 0.231. The SMILES string of the molecule is COc1cc(NCc2ccc(S(C)(=O)=O)cc2)nc(N)n1. The van der Waals surface area contributed by atoms with Crippen LogP contribution in [0.5, 0.6) is 5.88 Å². The van der Waals surface area contributed by atoms with Gasteiger partial charge in [0.05, 0.1) is 12.0 Å². The van der Waals surface area contributed by atoms with Gasteiger partial charge in [0.25, 0.3) is 0 Å². The van der Waals surface area contributed by atoms with Crippen LogP contribution in [0.2, 0.25) is 0 Å². The molecule has 0 atom stereocenters. The van der Waals surface area contributed by atoms with Crippen molar-refractivity contribution in [2.45, 2.75) is 11.4 Å². The van der Waals surface area contributed by atoms with Gasteiger partial charge < -0.3 is 15.8 Å². The monoisotopic (exact) mass is 308 g/mol. The molecule has 21 heavy (non-hydrogen) atoms. The molecule has 0 unspecified atom stereocenters. The normalized spacial score (nSPS) is 11.1. The van der Waals surface area contributed by atoms with Gasteiger partial charge in [0.15, 0.2) is 9.84 Å². The topological polar surface area (TPSA) is 107 Å². The Balaban J connectivity index is 2.08. The molecule has 0 saturated carbocycles. The minimum absolute atomic E-state index is 0.115. The van der Waals surface area contributed by atoms with Crippen LogP contribution in [0, 0.1) is 0 Å². The lowest BCUT2D eigenvalue weighted by Gasteiger charge is -2.08. The molecule has 8 heteroatoms. The highest BCUT2D eigenvalue weighted by atomic mass is 32.2. The zero-order valence-corrected chi connectivity index (χ0v) is 12.5. The Morgan fingerprint density at radius 2 is 1.90 bits per heavy atom. The molecule has 1 aromatic heterocycles. The first-order chi connectivity index (χ1) is 9.88. The summed E-state index contributed by atoms with van der Waals surface area (Å²) in [7, 11) is -1.68. The van der Waals surface area contributed by atoms with E-state index in [9.17, 15) is 8.42 Å². The van der Waals surface area contributed by atoms with Crippen LogP contribution in [0.15, 0.2) is 35.2 Å². The maximum atomic E-state index is 11.4. The number of nitrogens with one attached hydrogen (secondary N) is 1. The predicted octanol–water partition coefficient (Wildman–Crippen LogP) is 1.08. The minimum Gasteiger partial charge on any atom is -0.481 e. The average molecular weight is 308 g/mol. The third-order valence-electron chi connectivity index (χ3n) is 2.75. The van der Waals surface area contributed by atoms with Gasteiger partial charge in [0, 0.05) is 18.9 Å². The molecule has 0 aliphatic carbocycles.